The molecule has 0 spiro atoms. The normalized spacial score (nSPS) is 14.1. The van der Waals surface area contributed by atoms with Crippen molar-refractivity contribution in [3.05, 3.63) is 155 Å². The van der Waals surface area contributed by atoms with Crippen LogP contribution in [0.2, 0.25) is 0 Å². The summed E-state index contributed by atoms with van der Waals surface area (Å²) in [5.74, 6) is 1.34. The molecule has 58 heavy (non-hydrogen) atoms. The molecule has 0 fully saturated rings. The first-order valence-corrected chi connectivity index (χ1v) is 22.1. The molecule has 7 nitrogen and oxygen atoms in total. The summed E-state index contributed by atoms with van der Waals surface area (Å²) in [7, 11) is -5.08. The van der Waals surface area contributed by atoms with Gasteiger partial charge in [-0.15, -0.1) is 0 Å². The van der Waals surface area contributed by atoms with Crippen molar-refractivity contribution in [2.75, 3.05) is 14.2 Å². The fourth-order valence-corrected chi connectivity index (χ4v) is 12.5. The monoisotopic (exact) mass is 801 g/mol. The Hall–Kier alpha value is -6.16. The highest BCUT2D eigenvalue weighted by Gasteiger charge is 2.44. The standard InChI is InChI=1S/C49H39NO6S2/c1-27-7-15-35(16-8-27)57(51,52)49-39-19-11-31-25-33(55-5)13-20-37(31)43(39)46-45(49)40-23-29(3)30(4)24-41(40)48-47(46)44-38-21-14-34(56-6)26-32(38)12-22-42(44)50(48)58(53,54)36-17-9-28(2)10-18-36/h7-26,49H,1-6H3. The number of sulfone groups is 1. The average molecular weight is 802 g/mol. The Morgan fingerprint density at radius 1 is 0.517 bits per heavy atom. The summed E-state index contributed by atoms with van der Waals surface area (Å²) in [6, 6.07) is 37.3. The zero-order chi connectivity index (χ0) is 40.4. The number of rotatable bonds is 6. The van der Waals surface area contributed by atoms with Gasteiger partial charge in [0.25, 0.3) is 10.0 Å². The molecule has 9 heteroatoms. The van der Waals surface area contributed by atoms with Crippen molar-refractivity contribution in [1.29, 1.82) is 0 Å². The van der Waals surface area contributed by atoms with E-state index in [0.29, 0.717) is 60.8 Å². The smallest absolute Gasteiger partial charge is 0.268 e. The van der Waals surface area contributed by atoms with E-state index >= 15 is 16.8 Å². The molecule has 1 unspecified atom stereocenters. The van der Waals surface area contributed by atoms with E-state index in [1.54, 1.807) is 38.5 Å². The summed E-state index contributed by atoms with van der Waals surface area (Å²) in [5.41, 5.74) is 7.57. The third kappa shape index (κ3) is 5.02. The Morgan fingerprint density at radius 2 is 1.07 bits per heavy atom. The maximum atomic E-state index is 15.4. The highest BCUT2D eigenvalue weighted by atomic mass is 32.2. The number of aromatic nitrogens is 1. The number of benzene rings is 8. The molecule has 0 saturated heterocycles. The average Bonchev–Trinajstić information content (AvgIpc) is 3.76. The molecule has 10 rings (SSSR count). The van der Waals surface area contributed by atoms with Gasteiger partial charge in [0, 0.05) is 16.2 Å². The molecular formula is C49H39NO6S2. The molecule has 8 aromatic carbocycles. The fraction of sp³-hybridized carbons (Fsp3) is 0.143. The van der Waals surface area contributed by atoms with Crippen molar-refractivity contribution >= 4 is 74.0 Å². The van der Waals surface area contributed by atoms with E-state index in [2.05, 4.69) is 0 Å². The van der Waals surface area contributed by atoms with Crippen LogP contribution in [0, 0.1) is 27.7 Å². The lowest BCUT2D eigenvalue weighted by Gasteiger charge is -2.19. The summed E-state index contributed by atoms with van der Waals surface area (Å²) in [4.78, 5) is 0.373. The van der Waals surface area contributed by atoms with Gasteiger partial charge in [-0.2, -0.15) is 0 Å². The molecule has 1 aromatic heterocycles. The van der Waals surface area contributed by atoms with Crippen LogP contribution in [0.4, 0.5) is 0 Å². The molecular weight excluding hydrogens is 763 g/mol. The van der Waals surface area contributed by atoms with Crippen molar-refractivity contribution in [3.63, 3.8) is 0 Å². The third-order valence-corrected chi connectivity index (χ3v) is 15.9. The van der Waals surface area contributed by atoms with Crippen LogP contribution in [0.25, 0.3) is 65.3 Å². The number of nitrogens with zero attached hydrogens (tertiary/aromatic N) is 1. The van der Waals surface area contributed by atoms with Gasteiger partial charge in [0.05, 0.1) is 35.0 Å². The molecule has 9 aromatic rings. The summed E-state index contributed by atoms with van der Waals surface area (Å²) in [6.45, 7) is 7.88. The molecule has 0 amide bonds. The molecule has 0 radical (unpaired) electrons. The van der Waals surface area contributed by atoms with E-state index in [-0.39, 0.29) is 9.79 Å². The van der Waals surface area contributed by atoms with Gasteiger partial charge in [0.2, 0.25) is 0 Å². The van der Waals surface area contributed by atoms with E-state index in [1.165, 1.54) is 3.97 Å². The van der Waals surface area contributed by atoms with E-state index in [4.69, 9.17) is 9.47 Å². The van der Waals surface area contributed by atoms with E-state index in [9.17, 15) is 0 Å². The predicted molar refractivity (Wildman–Crippen MR) is 234 cm³/mol. The molecule has 288 valence electrons. The molecule has 1 aliphatic carbocycles. The first-order valence-electron chi connectivity index (χ1n) is 19.1. The number of hydrogen-bond acceptors (Lipinski definition) is 6. The zero-order valence-corrected chi connectivity index (χ0v) is 34.5. The van der Waals surface area contributed by atoms with Crippen molar-refractivity contribution in [1.82, 2.24) is 3.97 Å². The largest absolute Gasteiger partial charge is 0.497 e. The van der Waals surface area contributed by atoms with Crippen molar-refractivity contribution in [2.24, 2.45) is 0 Å². The maximum absolute atomic E-state index is 15.4. The van der Waals surface area contributed by atoms with Gasteiger partial charge in [0.1, 0.15) is 16.7 Å². The minimum absolute atomic E-state index is 0.155. The van der Waals surface area contributed by atoms with Crippen molar-refractivity contribution in [3.8, 4) is 22.6 Å². The molecule has 0 N–H and O–H groups in total. The van der Waals surface area contributed by atoms with E-state index < -0.39 is 25.1 Å². The highest BCUT2D eigenvalue weighted by Crippen LogP contribution is 2.59. The van der Waals surface area contributed by atoms with Gasteiger partial charge < -0.3 is 9.47 Å². The van der Waals surface area contributed by atoms with Crippen LogP contribution >= 0.6 is 0 Å². The van der Waals surface area contributed by atoms with E-state index in [1.807, 2.05) is 125 Å². The lowest BCUT2D eigenvalue weighted by Crippen LogP contribution is -2.15. The maximum Gasteiger partial charge on any atom is 0.268 e. The summed E-state index contributed by atoms with van der Waals surface area (Å²) >= 11 is 0. The second-order valence-corrected chi connectivity index (χ2v) is 19.3. The van der Waals surface area contributed by atoms with Crippen LogP contribution in [0.3, 0.4) is 0 Å². The van der Waals surface area contributed by atoms with Crippen LogP contribution in [0.15, 0.2) is 131 Å². The predicted octanol–water partition coefficient (Wildman–Crippen LogP) is 11.3. The van der Waals surface area contributed by atoms with Gasteiger partial charge in [-0.1, -0.05) is 65.7 Å². The number of ether oxygens (including phenoxy) is 2. The van der Waals surface area contributed by atoms with Gasteiger partial charge >= 0.3 is 0 Å². The lowest BCUT2D eigenvalue weighted by molar-refractivity contribution is 0.415. The molecule has 0 aliphatic heterocycles. The van der Waals surface area contributed by atoms with Gasteiger partial charge in [-0.3, -0.25) is 0 Å². The van der Waals surface area contributed by atoms with Crippen molar-refractivity contribution in [2.45, 2.75) is 42.7 Å². The molecule has 0 saturated carbocycles. The lowest BCUT2D eigenvalue weighted by atomic mass is 9.89. The van der Waals surface area contributed by atoms with Crippen molar-refractivity contribution < 1.29 is 26.3 Å². The Balaban J connectivity index is 1.51. The topological polar surface area (TPSA) is 91.7 Å². The minimum Gasteiger partial charge on any atom is -0.497 e. The number of aryl methyl sites for hydroxylation is 4. The second-order valence-electron chi connectivity index (χ2n) is 15.5. The minimum atomic E-state index is -4.24. The third-order valence-electron chi connectivity index (χ3n) is 12.1. The molecule has 0 bridgehead atoms. The molecule has 1 atom stereocenters. The van der Waals surface area contributed by atoms with Crippen LogP contribution in [-0.2, 0) is 19.9 Å². The Labute approximate surface area is 337 Å². The Morgan fingerprint density at radius 3 is 1.69 bits per heavy atom. The second kappa shape index (κ2) is 12.7. The van der Waals surface area contributed by atoms with Gasteiger partial charge in [0.15, 0.2) is 9.84 Å². The highest BCUT2D eigenvalue weighted by molar-refractivity contribution is 7.92. The first kappa shape index (κ1) is 36.2. The Bertz CT molecular complexity index is 3480. The van der Waals surface area contributed by atoms with Crippen LogP contribution < -0.4 is 9.47 Å². The SMILES string of the molecule is COc1ccc2c3c(ccc2c1)C(S(=O)(=O)c1ccc(C)cc1)c1c-3c2c3c4ccc(OC)cc4ccc3n(S(=O)(=O)c3ccc(C)cc3)c2c2cc(C)c(C)cc12. The van der Waals surface area contributed by atoms with Gasteiger partial charge in [-0.25, -0.2) is 20.8 Å². The number of hydrogen-bond donors (Lipinski definition) is 0. The zero-order valence-electron chi connectivity index (χ0n) is 32.8. The quantitative estimate of drug-likeness (QED) is 0.166. The Kier molecular flexibility index (Phi) is 7.91. The molecule has 1 aliphatic rings. The number of methoxy groups -OCH3 is 2. The van der Waals surface area contributed by atoms with Crippen LogP contribution in [0.5, 0.6) is 11.5 Å². The molecule has 1 heterocycles. The summed E-state index contributed by atoms with van der Waals surface area (Å²) in [6.07, 6.45) is 0. The van der Waals surface area contributed by atoms with E-state index in [0.717, 1.165) is 49.4 Å². The van der Waals surface area contributed by atoms with Crippen LogP contribution in [0.1, 0.15) is 38.6 Å². The van der Waals surface area contributed by atoms with Crippen LogP contribution in [-0.4, -0.2) is 35.0 Å². The summed E-state index contributed by atoms with van der Waals surface area (Å²) in [5, 5.41) is 5.04. The summed E-state index contributed by atoms with van der Waals surface area (Å²) < 4.78 is 74.4. The number of fused-ring (bicyclic) bond motifs is 14. The van der Waals surface area contributed by atoms with Gasteiger partial charge in [-0.05, 0) is 155 Å². The first-order chi connectivity index (χ1) is 27.8. The fourth-order valence-electron chi connectivity index (χ4n) is 9.08.